The van der Waals surface area contributed by atoms with Crippen LogP contribution in [-0.4, -0.2) is 40.6 Å². The van der Waals surface area contributed by atoms with Crippen molar-refractivity contribution in [2.75, 3.05) is 5.32 Å². The third-order valence-corrected chi connectivity index (χ3v) is 4.44. The predicted octanol–water partition coefficient (Wildman–Crippen LogP) is 2.90. The van der Waals surface area contributed by atoms with Crippen LogP contribution in [-0.2, 0) is 0 Å². The molecular formula is C18H14ClFN8O. The van der Waals surface area contributed by atoms with Crippen LogP contribution in [0.3, 0.4) is 0 Å². The highest BCUT2D eigenvalue weighted by Crippen LogP contribution is 2.22. The summed E-state index contributed by atoms with van der Waals surface area (Å²) in [6.45, 7) is 3.28. The third kappa shape index (κ3) is 3.57. The van der Waals surface area contributed by atoms with E-state index in [4.69, 9.17) is 11.6 Å². The van der Waals surface area contributed by atoms with E-state index in [9.17, 15) is 9.18 Å². The molecule has 0 saturated heterocycles. The van der Waals surface area contributed by atoms with Crippen molar-refractivity contribution in [2.45, 2.75) is 13.8 Å². The molecule has 0 aliphatic carbocycles. The number of hydrogen-bond acceptors (Lipinski definition) is 6. The van der Waals surface area contributed by atoms with Gasteiger partial charge in [-0.25, -0.2) is 19.0 Å². The van der Waals surface area contributed by atoms with Crippen LogP contribution in [0.25, 0.3) is 11.6 Å². The van der Waals surface area contributed by atoms with Crippen molar-refractivity contribution < 1.29 is 9.18 Å². The van der Waals surface area contributed by atoms with Gasteiger partial charge in [-0.1, -0.05) is 11.6 Å². The standard InChI is InChI=1S/C18H14ClFN8O/c1-10-15(20)3-4-16(25-10)27-11(2)13(9-24-27)18(29)26-12-7-14(19)17(21-8-12)28-22-5-6-23-28/h3-9H,1-2H3,(H,26,29). The summed E-state index contributed by atoms with van der Waals surface area (Å²) in [7, 11) is 0. The Hall–Kier alpha value is -3.66. The van der Waals surface area contributed by atoms with E-state index in [2.05, 4.69) is 30.6 Å². The van der Waals surface area contributed by atoms with Gasteiger partial charge in [-0.3, -0.25) is 4.79 Å². The first-order chi connectivity index (χ1) is 13.9. The molecule has 0 bridgehead atoms. The summed E-state index contributed by atoms with van der Waals surface area (Å²) in [5.74, 6) is -0.0391. The van der Waals surface area contributed by atoms with Gasteiger partial charge in [0.25, 0.3) is 5.91 Å². The molecule has 29 heavy (non-hydrogen) atoms. The Balaban J connectivity index is 1.57. The van der Waals surface area contributed by atoms with Crippen LogP contribution in [0, 0.1) is 19.7 Å². The molecule has 4 heterocycles. The molecule has 0 spiro atoms. The van der Waals surface area contributed by atoms with E-state index >= 15 is 0 Å². The maximum atomic E-state index is 13.5. The molecule has 0 aromatic carbocycles. The number of carbonyl (C=O) groups is 1. The molecule has 0 aliphatic heterocycles. The fourth-order valence-corrected chi connectivity index (χ4v) is 2.92. The molecule has 0 aliphatic rings. The molecule has 0 radical (unpaired) electrons. The topological polar surface area (TPSA) is 103 Å². The molecule has 9 nitrogen and oxygen atoms in total. The number of carbonyl (C=O) groups excluding carboxylic acids is 1. The summed E-state index contributed by atoms with van der Waals surface area (Å²) in [4.78, 5) is 22.3. The first-order valence-corrected chi connectivity index (χ1v) is 8.83. The van der Waals surface area contributed by atoms with Crippen LogP contribution in [0.4, 0.5) is 10.1 Å². The minimum Gasteiger partial charge on any atom is -0.320 e. The van der Waals surface area contributed by atoms with E-state index in [0.29, 0.717) is 28.6 Å². The van der Waals surface area contributed by atoms with E-state index in [1.54, 1.807) is 19.9 Å². The fourth-order valence-electron chi connectivity index (χ4n) is 2.68. The summed E-state index contributed by atoms with van der Waals surface area (Å²) < 4.78 is 14.9. The highest BCUT2D eigenvalue weighted by Gasteiger charge is 2.17. The Morgan fingerprint density at radius 2 is 1.90 bits per heavy atom. The molecule has 1 amide bonds. The summed E-state index contributed by atoms with van der Waals surface area (Å²) >= 11 is 6.22. The number of halogens is 2. The van der Waals surface area contributed by atoms with Crippen LogP contribution in [0.2, 0.25) is 5.02 Å². The van der Waals surface area contributed by atoms with Gasteiger partial charge in [-0.2, -0.15) is 15.3 Å². The second-order valence-electron chi connectivity index (χ2n) is 6.09. The van der Waals surface area contributed by atoms with Gasteiger partial charge in [0, 0.05) is 0 Å². The number of pyridine rings is 2. The molecule has 4 rings (SSSR count). The Labute approximate surface area is 169 Å². The molecular weight excluding hydrogens is 399 g/mol. The molecule has 0 atom stereocenters. The van der Waals surface area contributed by atoms with Crippen molar-refractivity contribution in [3.05, 3.63) is 70.8 Å². The molecule has 146 valence electrons. The largest absolute Gasteiger partial charge is 0.320 e. The minimum atomic E-state index is -0.408. The highest BCUT2D eigenvalue weighted by atomic mass is 35.5. The molecule has 0 fully saturated rings. The monoisotopic (exact) mass is 412 g/mol. The molecule has 1 N–H and O–H groups in total. The van der Waals surface area contributed by atoms with Crippen LogP contribution in [0.15, 0.2) is 43.0 Å². The van der Waals surface area contributed by atoms with E-state index in [-0.39, 0.29) is 10.7 Å². The van der Waals surface area contributed by atoms with E-state index < -0.39 is 11.7 Å². The molecule has 0 saturated carbocycles. The number of rotatable bonds is 4. The first-order valence-electron chi connectivity index (χ1n) is 8.46. The van der Waals surface area contributed by atoms with Crippen molar-refractivity contribution in [2.24, 2.45) is 0 Å². The van der Waals surface area contributed by atoms with Crippen molar-refractivity contribution in [3.63, 3.8) is 0 Å². The van der Waals surface area contributed by atoms with Crippen molar-refractivity contribution in [1.82, 2.24) is 34.7 Å². The van der Waals surface area contributed by atoms with Crippen LogP contribution in [0.5, 0.6) is 0 Å². The van der Waals surface area contributed by atoms with Crippen molar-refractivity contribution in [1.29, 1.82) is 0 Å². The number of nitrogens with zero attached hydrogens (tertiary/aromatic N) is 7. The fraction of sp³-hybridized carbons (Fsp3) is 0.111. The van der Waals surface area contributed by atoms with Crippen molar-refractivity contribution >= 4 is 23.2 Å². The summed E-state index contributed by atoms with van der Waals surface area (Å²) in [5.41, 5.74) is 1.54. The number of anilines is 1. The van der Waals surface area contributed by atoms with Crippen LogP contribution in [0.1, 0.15) is 21.7 Å². The second kappa shape index (κ2) is 7.40. The van der Waals surface area contributed by atoms with E-state index in [1.807, 2.05) is 0 Å². The van der Waals surface area contributed by atoms with Gasteiger partial charge in [-0.15, -0.1) is 4.80 Å². The Kier molecular flexibility index (Phi) is 4.77. The maximum absolute atomic E-state index is 13.5. The first kappa shape index (κ1) is 18.7. The Morgan fingerprint density at radius 1 is 1.14 bits per heavy atom. The number of nitrogens with one attached hydrogen (secondary N) is 1. The smallest absolute Gasteiger partial charge is 0.259 e. The van der Waals surface area contributed by atoms with Gasteiger partial charge in [0.15, 0.2) is 11.6 Å². The minimum absolute atomic E-state index is 0.246. The number of amides is 1. The van der Waals surface area contributed by atoms with Crippen LogP contribution >= 0.6 is 11.6 Å². The van der Waals surface area contributed by atoms with Gasteiger partial charge in [0.2, 0.25) is 0 Å². The van der Waals surface area contributed by atoms with Gasteiger partial charge < -0.3 is 5.32 Å². The number of hydrogen-bond donors (Lipinski definition) is 1. The average Bonchev–Trinajstić information content (AvgIpc) is 3.34. The van der Waals surface area contributed by atoms with Gasteiger partial charge in [0.05, 0.1) is 52.4 Å². The lowest BCUT2D eigenvalue weighted by atomic mass is 10.2. The third-order valence-electron chi connectivity index (χ3n) is 4.17. The maximum Gasteiger partial charge on any atom is 0.259 e. The molecule has 0 unspecified atom stereocenters. The van der Waals surface area contributed by atoms with Gasteiger partial charge >= 0.3 is 0 Å². The highest BCUT2D eigenvalue weighted by molar-refractivity contribution is 6.32. The molecule has 4 aromatic rings. The van der Waals surface area contributed by atoms with E-state index in [0.717, 1.165) is 0 Å². The summed E-state index contributed by atoms with van der Waals surface area (Å²) in [6, 6.07) is 4.35. The van der Waals surface area contributed by atoms with Gasteiger partial charge in [-0.05, 0) is 32.0 Å². The lowest BCUT2D eigenvalue weighted by molar-refractivity contribution is 0.102. The lowest BCUT2D eigenvalue weighted by Crippen LogP contribution is -2.14. The predicted molar refractivity (Wildman–Crippen MR) is 103 cm³/mol. The Morgan fingerprint density at radius 3 is 2.59 bits per heavy atom. The average molecular weight is 413 g/mol. The zero-order valence-corrected chi connectivity index (χ0v) is 16.1. The zero-order valence-electron chi connectivity index (χ0n) is 15.3. The normalized spacial score (nSPS) is 10.9. The Bertz CT molecular complexity index is 1200. The molecule has 4 aromatic heterocycles. The van der Waals surface area contributed by atoms with Gasteiger partial charge in [0.1, 0.15) is 5.82 Å². The number of aromatic nitrogens is 7. The van der Waals surface area contributed by atoms with Crippen molar-refractivity contribution in [3.8, 4) is 11.6 Å². The summed E-state index contributed by atoms with van der Waals surface area (Å²) in [5, 5.41) is 15.1. The zero-order chi connectivity index (χ0) is 20.5. The molecule has 11 heteroatoms. The summed E-state index contributed by atoms with van der Waals surface area (Å²) in [6.07, 6.45) is 5.88. The van der Waals surface area contributed by atoms with E-state index in [1.165, 1.54) is 46.4 Å². The number of aryl methyl sites for hydroxylation is 1. The van der Waals surface area contributed by atoms with Crippen LogP contribution < -0.4 is 5.32 Å². The SMILES string of the molecule is Cc1nc(-n2ncc(C(=O)Nc3cnc(-n4nccn4)c(Cl)c3)c2C)ccc1F. The second-order valence-corrected chi connectivity index (χ2v) is 6.50. The lowest BCUT2D eigenvalue weighted by Gasteiger charge is -2.08. The quantitative estimate of drug-likeness (QED) is 0.552.